The molecule has 0 spiro atoms. The molecule has 2 unspecified atom stereocenters. The van der Waals surface area contributed by atoms with Gasteiger partial charge in [-0.05, 0) is 47.9 Å². The van der Waals surface area contributed by atoms with E-state index in [1.165, 1.54) is 0 Å². The van der Waals surface area contributed by atoms with Gasteiger partial charge in [-0.3, -0.25) is 10.1 Å². The van der Waals surface area contributed by atoms with Crippen LogP contribution in [0.1, 0.15) is 23.6 Å². The zero-order valence-corrected chi connectivity index (χ0v) is 19.5. The summed E-state index contributed by atoms with van der Waals surface area (Å²) in [4.78, 5) is 21.9. The minimum absolute atomic E-state index is 0.673. The van der Waals surface area contributed by atoms with Gasteiger partial charge in [-0.15, -0.1) is 0 Å². The van der Waals surface area contributed by atoms with Gasteiger partial charge in [0.1, 0.15) is 17.5 Å². The number of methoxy groups -OCH3 is 2. The molecule has 0 aliphatic carbocycles. The van der Waals surface area contributed by atoms with E-state index in [1.54, 1.807) is 21.1 Å². The second-order valence-corrected chi connectivity index (χ2v) is 8.72. The van der Waals surface area contributed by atoms with Crippen molar-refractivity contribution in [2.24, 2.45) is 5.50 Å². The van der Waals surface area contributed by atoms with Crippen molar-refractivity contribution in [3.8, 4) is 11.5 Å². The summed E-state index contributed by atoms with van der Waals surface area (Å²) in [7, 11) is -1.34. The number of hydrogen-bond donors (Lipinski definition) is 3. The number of benzene rings is 3. The van der Waals surface area contributed by atoms with Crippen LogP contribution in [0.15, 0.2) is 78.9 Å². The molecule has 0 bridgehead atoms. The Morgan fingerprint density at radius 1 is 0.879 bits per heavy atom. The van der Waals surface area contributed by atoms with E-state index in [0.717, 1.165) is 16.7 Å². The maximum atomic E-state index is 12.6. The van der Waals surface area contributed by atoms with Crippen molar-refractivity contribution in [3.05, 3.63) is 95.6 Å². The Hall–Kier alpha value is -3.16. The molecule has 9 heteroatoms. The van der Waals surface area contributed by atoms with Crippen molar-refractivity contribution in [2.45, 2.75) is 18.5 Å². The Labute approximate surface area is 192 Å². The molecule has 3 aromatic carbocycles. The molecule has 0 fully saturated rings. The van der Waals surface area contributed by atoms with Gasteiger partial charge in [-0.1, -0.05) is 54.6 Å². The summed E-state index contributed by atoms with van der Waals surface area (Å²) in [5.74, 6) is 0.394. The molecule has 0 amide bonds. The number of nitrogens with one attached hydrogen (secondary N) is 1. The number of carbonyl (C=O) groups is 1. The number of rotatable bonds is 9. The largest absolute Gasteiger partial charge is 0.497 e. The van der Waals surface area contributed by atoms with Crippen LogP contribution in [0.2, 0.25) is 0 Å². The van der Waals surface area contributed by atoms with Crippen molar-refractivity contribution in [3.63, 3.8) is 0 Å². The maximum absolute atomic E-state index is 12.6. The zero-order valence-electron chi connectivity index (χ0n) is 18.6. The summed E-state index contributed by atoms with van der Waals surface area (Å²) in [6, 6.07) is 23.4. The zero-order chi connectivity index (χ0) is 24.1. The lowest BCUT2D eigenvalue weighted by atomic mass is 9.76. The van der Waals surface area contributed by atoms with E-state index in [1.807, 2.05) is 78.9 Å². The van der Waals surface area contributed by atoms with E-state index in [4.69, 9.17) is 15.0 Å². The highest BCUT2D eigenvalue weighted by molar-refractivity contribution is 7.50. The average Bonchev–Trinajstić information content (AvgIpc) is 2.82. The Balaban J connectivity index is 2.22. The first-order valence-corrected chi connectivity index (χ1v) is 11.8. The lowest BCUT2D eigenvalue weighted by molar-refractivity contribution is -0.137. The first-order chi connectivity index (χ1) is 15.7. The Morgan fingerprint density at radius 3 is 1.70 bits per heavy atom. The van der Waals surface area contributed by atoms with Gasteiger partial charge in [0.25, 0.3) is 0 Å². The molecule has 0 aliphatic rings. The predicted molar refractivity (Wildman–Crippen MR) is 125 cm³/mol. The number of carbonyl (C=O) groups excluding carboxylic acids is 1. The molecule has 174 valence electrons. The van der Waals surface area contributed by atoms with Gasteiger partial charge in [0.05, 0.1) is 19.8 Å². The fourth-order valence-electron chi connectivity index (χ4n) is 3.71. The second-order valence-electron chi connectivity index (χ2n) is 7.41. The molecule has 3 rings (SSSR count). The Morgan fingerprint density at radius 2 is 1.30 bits per heavy atom. The summed E-state index contributed by atoms with van der Waals surface area (Å²) in [6.45, 7) is 1.54. The molecular formula is C24H27N2O6P. The van der Waals surface area contributed by atoms with Gasteiger partial charge in [0, 0.05) is 0 Å². The van der Waals surface area contributed by atoms with Crippen LogP contribution in [0, 0.1) is 0 Å². The van der Waals surface area contributed by atoms with E-state index >= 15 is 0 Å². The summed E-state index contributed by atoms with van der Waals surface area (Å²) in [6.07, 6.45) is 0. The van der Waals surface area contributed by atoms with Crippen molar-refractivity contribution in [1.29, 1.82) is 0 Å². The summed E-state index contributed by atoms with van der Waals surface area (Å²) >= 11 is 0. The van der Waals surface area contributed by atoms with Gasteiger partial charge < -0.3 is 18.9 Å². The van der Waals surface area contributed by atoms with Crippen LogP contribution in [-0.4, -0.2) is 31.1 Å². The second kappa shape index (κ2) is 10.2. The molecule has 0 saturated heterocycles. The third-order valence-electron chi connectivity index (χ3n) is 5.26. The molecule has 4 N–H and O–H groups in total. The molecule has 0 saturated carbocycles. The van der Waals surface area contributed by atoms with Gasteiger partial charge >= 0.3 is 13.7 Å². The Bertz CT molecular complexity index is 1070. The third-order valence-corrected chi connectivity index (χ3v) is 5.70. The fraction of sp³-hybridized carbons (Fsp3) is 0.208. The predicted octanol–water partition coefficient (Wildman–Crippen LogP) is 3.58. The van der Waals surface area contributed by atoms with Crippen molar-refractivity contribution in [1.82, 2.24) is 5.32 Å². The fourth-order valence-corrected chi connectivity index (χ4v) is 4.13. The van der Waals surface area contributed by atoms with Crippen molar-refractivity contribution < 1.29 is 28.3 Å². The normalized spacial score (nSPS) is 14.1. The highest BCUT2D eigenvalue weighted by atomic mass is 31.2. The van der Waals surface area contributed by atoms with E-state index in [0.29, 0.717) is 11.5 Å². The molecule has 0 heterocycles. The smallest absolute Gasteiger partial charge is 0.455 e. The van der Waals surface area contributed by atoms with Crippen LogP contribution in [0.3, 0.4) is 0 Å². The molecule has 0 radical (unpaired) electrons. The van der Waals surface area contributed by atoms with E-state index in [9.17, 15) is 14.3 Å². The highest BCUT2D eigenvalue weighted by Crippen LogP contribution is 2.39. The van der Waals surface area contributed by atoms with E-state index in [-0.39, 0.29) is 0 Å². The minimum atomic E-state index is -4.50. The molecule has 33 heavy (non-hydrogen) atoms. The number of hydrogen-bond acceptors (Lipinski definition) is 6. The standard InChI is InChI=1S/C24H27N2O6P/c1-17(23(27)32-33(25,28)29)26-24(18-7-5-4-6-8-18,19-9-13-21(30-2)14-10-19)20-11-15-22(31-3)16-12-20/h4-17,26H,1-3H3,(H3,25,28,29). The van der Waals surface area contributed by atoms with Gasteiger partial charge in [0.15, 0.2) is 0 Å². The summed E-state index contributed by atoms with van der Waals surface area (Å²) < 4.78 is 26.7. The summed E-state index contributed by atoms with van der Waals surface area (Å²) in [5, 5.41) is 3.33. The monoisotopic (exact) mass is 470 g/mol. The van der Waals surface area contributed by atoms with Crippen LogP contribution in [0.25, 0.3) is 0 Å². The van der Waals surface area contributed by atoms with Crippen LogP contribution >= 0.6 is 7.75 Å². The van der Waals surface area contributed by atoms with Crippen molar-refractivity contribution in [2.75, 3.05) is 14.2 Å². The SMILES string of the molecule is COc1ccc(C(NC(C)C(=O)OP(N)(=O)O)(c2ccccc2)c2ccc(OC)cc2)cc1. The summed E-state index contributed by atoms with van der Waals surface area (Å²) in [5.41, 5.74) is 6.46. The lowest BCUT2D eigenvalue weighted by Gasteiger charge is -2.39. The van der Waals surface area contributed by atoms with Gasteiger partial charge in [-0.25, -0.2) is 10.1 Å². The maximum Gasteiger partial charge on any atom is 0.455 e. The number of nitrogens with two attached hydrogens (primary N) is 1. The van der Waals surface area contributed by atoms with Crippen molar-refractivity contribution >= 4 is 13.7 Å². The van der Waals surface area contributed by atoms with E-state index in [2.05, 4.69) is 9.84 Å². The molecule has 3 aromatic rings. The van der Waals surface area contributed by atoms with Crippen LogP contribution in [0.4, 0.5) is 0 Å². The highest BCUT2D eigenvalue weighted by Gasteiger charge is 2.40. The topological polar surface area (TPSA) is 120 Å². The molecule has 2 atom stereocenters. The molecule has 8 nitrogen and oxygen atoms in total. The quantitative estimate of drug-likeness (QED) is 0.321. The number of ether oxygens (including phenoxy) is 2. The molecule has 0 aliphatic heterocycles. The van der Waals surface area contributed by atoms with Gasteiger partial charge in [0.2, 0.25) is 0 Å². The van der Waals surface area contributed by atoms with Crippen LogP contribution in [-0.2, 0) is 19.4 Å². The van der Waals surface area contributed by atoms with Gasteiger partial charge in [-0.2, -0.15) is 0 Å². The average molecular weight is 470 g/mol. The van der Waals surface area contributed by atoms with Crippen LogP contribution in [0.5, 0.6) is 11.5 Å². The van der Waals surface area contributed by atoms with Crippen LogP contribution < -0.4 is 20.3 Å². The minimum Gasteiger partial charge on any atom is -0.497 e. The van der Waals surface area contributed by atoms with E-state index < -0.39 is 25.3 Å². The first-order valence-electron chi connectivity index (χ1n) is 10.2. The first kappa shape index (κ1) is 24.5. The lowest BCUT2D eigenvalue weighted by Crippen LogP contribution is -2.51. The third kappa shape index (κ3) is 5.61. The molecular weight excluding hydrogens is 443 g/mol. The Kier molecular flexibility index (Phi) is 7.56. The molecule has 0 aromatic heterocycles.